The normalized spacial score (nSPS) is 19.6. The van der Waals surface area contributed by atoms with Crippen molar-refractivity contribution < 1.29 is 29.4 Å². The third-order valence-electron chi connectivity index (χ3n) is 9.69. The molecule has 4 atom stereocenters. The second kappa shape index (κ2) is 15.6. The molecule has 5 N–H and O–H groups in total. The first-order valence-corrected chi connectivity index (χ1v) is 17.6. The first-order chi connectivity index (χ1) is 25.7. The topological polar surface area (TPSA) is 168 Å². The molecule has 0 saturated carbocycles. The van der Waals surface area contributed by atoms with E-state index in [0.717, 1.165) is 27.9 Å². The minimum Gasteiger partial charge on any atom is -0.391 e. The highest BCUT2D eigenvalue weighted by atomic mass is 16.3. The van der Waals surface area contributed by atoms with Crippen LogP contribution in [0.2, 0.25) is 0 Å². The number of H-pyrrole nitrogens is 1. The van der Waals surface area contributed by atoms with Crippen LogP contribution in [0.1, 0.15) is 24.0 Å². The largest absolute Gasteiger partial charge is 0.391 e. The van der Waals surface area contributed by atoms with Crippen molar-refractivity contribution in [3.05, 3.63) is 126 Å². The van der Waals surface area contributed by atoms with Crippen LogP contribution in [0.3, 0.4) is 0 Å². The van der Waals surface area contributed by atoms with Crippen molar-refractivity contribution in [1.29, 1.82) is 0 Å². The van der Waals surface area contributed by atoms with Gasteiger partial charge in [0.25, 0.3) is 0 Å². The van der Waals surface area contributed by atoms with Crippen molar-refractivity contribution in [1.82, 2.24) is 20.0 Å². The Hall–Kier alpha value is -6.11. The van der Waals surface area contributed by atoms with Gasteiger partial charge in [-0.25, -0.2) is 0 Å². The molecule has 1 aromatic heterocycles. The van der Waals surface area contributed by atoms with E-state index in [4.69, 9.17) is 0 Å². The Bertz CT molecular complexity index is 1920. The summed E-state index contributed by atoms with van der Waals surface area (Å²) in [6.45, 7) is 0.230. The fourth-order valence-electron chi connectivity index (χ4n) is 6.95. The van der Waals surface area contributed by atoms with E-state index in [1.807, 2.05) is 91.0 Å². The molecule has 0 bridgehead atoms. The molecule has 4 aromatic carbocycles. The van der Waals surface area contributed by atoms with E-state index in [0.29, 0.717) is 17.1 Å². The van der Waals surface area contributed by atoms with E-state index in [9.17, 15) is 29.4 Å². The standard InChI is InChI=1S/C41H40N6O6/c48-32-21-36(46(24-32)38(50)19-26-7-3-1-4-8-26)40(52)42-30-15-11-28(12-16-30)34-23-35(45-44-34)29-13-17-31(18-14-29)43-41(53)37-22-33(49)25-47(37)39(51)20-27-9-5-2-6-10-27/h1-18,23,32-33,36-37,48-49H,19-22,24-25H2,(H,42,52)(H,43,53)(H,44,45). The summed E-state index contributed by atoms with van der Waals surface area (Å²) in [6, 6.07) is 33.4. The van der Waals surface area contributed by atoms with Crippen molar-refractivity contribution in [2.75, 3.05) is 23.7 Å². The summed E-state index contributed by atoms with van der Waals surface area (Å²) in [5.74, 6) is -1.12. The van der Waals surface area contributed by atoms with Crippen LogP contribution in [-0.2, 0) is 32.0 Å². The molecule has 0 spiro atoms. The van der Waals surface area contributed by atoms with Gasteiger partial charge in [-0.05, 0) is 47.0 Å². The van der Waals surface area contributed by atoms with Gasteiger partial charge in [0, 0.05) is 42.9 Å². The summed E-state index contributed by atoms with van der Waals surface area (Å²) in [7, 11) is 0. The maximum Gasteiger partial charge on any atom is 0.247 e. The van der Waals surface area contributed by atoms with E-state index < -0.39 is 24.3 Å². The smallest absolute Gasteiger partial charge is 0.247 e. The summed E-state index contributed by atoms with van der Waals surface area (Å²) in [5, 5.41) is 33.9. The monoisotopic (exact) mass is 712 g/mol. The maximum absolute atomic E-state index is 13.2. The number of benzene rings is 4. The molecule has 270 valence electrons. The minimum atomic E-state index is -0.770. The van der Waals surface area contributed by atoms with Crippen LogP contribution in [0.4, 0.5) is 11.4 Å². The number of hydrogen-bond donors (Lipinski definition) is 5. The molecule has 7 rings (SSSR count). The van der Waals surface area contributed by atoms with Crippen LogP contribution in [0.5, 0.6) is 0 Å². The molecule has 4 unspecified atom stereocenters. The molecule has 4 amide bonds. The number of likely N-dealkylation sites (tertiary alicyclic amines) is 2. The van der Waals surface area contributed by atoms with Crippen molar-refractivity contribution in [3.63, 3.8) is 0 Å². The molecule has 12 nitrogen and oxygen atoms in total. The quantitative estimate of drug-likeness (QED) is 0.146. The molecule has 5 aromatic rings. The van der Waals surface area contributed by atoms with E-state index >= 15 is 0 Å². The van der Waals surface area contributed by atoms with Crippen LogP contribution in [0, 0.1) is 0 Å². The van der Waals surface area contributed by atoms with Gasteiger partial charge in [0.2, 0.25) is 23.6 Å². The summed E-state index contributed by atoms with van der Waals surface area (Å²) >= 11 is 0. The van der Waals surface area contributed by atoms with Crippen LogP contribution >= 0.6 is 0 Å². The summed E-state index contributed by atoms with van der Waals surface area (Å²) in [4.78, 5) is 55.4. The zero-order valence-corrected chi connectivity index (χ0v) is 28.9. The maximum atomic E-state index is 13.2. The van der Waals surface area contributed by atoms with Gasteiger partial charge in [-0.15, -0.1) is 0 Å². The number of β-amino-alcohol motifs (C(OH)–C–C–N with tert-alkyl or cyclic N) is 2. The Kier molecular flexibility index (Phi) is 10.4. The number of amides is 4. The predicted octanol–water partition coefficient (Wildman–Crippen LogP) is 4.03. The molecule has 53 heavy (non-hydrogen) atoms. The number of carbonyl (C=O) groups is 4. The highest BCUT2D eigenvalue weighted by molar-refractivity contribution is 5.99. The summed E-state index contributed by atoms with van der Waals surface area (Å²) in [6.07, 6.45) is -0.873. The van der Waals surface area contributed by atoms with Crippen LogP contribution in [-0.4, -0.2) is 91.2 Å². The molecule has 2 saturated heterocycles. The number of anilines is 2. The number of aromatic amines is 1. The molecular formula is C41H40N6O6. The number of hydrogen-bond acceptors (Lipinski definition) is 7. The van der Waals surface area contributed by atoms with E-state index in [1.165, 1.54) is 9.80 Å². The van der Waals surface area contributed by atoms with Gasteiger partial charge in [-0.1, -0.05) is 84.9 Å². The lowest BCUT2D eigenvalue weighted by Crippen LogP contribution is -2.43. The molecular weight excluding hydrogens is 672 g/mol. The third-order valence-corrected chi connectivity index (χ3v) is 9.69. The Balaban J connectivity index is 0.941. The zero-order chi connectivity index (χ0) is 36.9. The van der Waals surface area contributed by atoms with Gasteiger partial charge in [0.15, 0.2) is 0 Å². The van der Waals surface area contributed by atoms with Gasteiger partial charge in [-0.3, -0.25) is 24.3 Å². The fraction of sp³-hybridized carbons (Fsp3) is 0.244. The average Bonchev–Trinajstić information content (AvgIpc) is 3.92. The highest BCUT2D eigenvalue weighted by Crippen LogP contribution is 2.28. The molecule has 3 heterocycles. The average molecular weight is 713 g/mol. The Morgan fingerprint density at radius 3 is 1.51 bits per heavy atom. The Labute approximate surface area is 306 Å². The van der Waals surface area contributed by atoms with E-state index in [-0.39, 0.29) is 62.4 Å². The number of carbonyl (C=O) groups excluding carboxylic acids is 4. The zero-order valence-electron chi connectivity index (χ0n) is 28.9. The van der Waals surface area contributed by atoms with E-state index in [2.05, 4.69) is 20.8 Å². The van der Waals surface area contributed by atoms with Gasteiger partial charge in [0.1, 0.15) is 12.1 Å². The minimum absolute atomic E-state index is 0.115. The lowest BCUT2D eigenvalue weighted by Gasteiger charge is -2.24. The van der Waals surface area contributed by atoms with Gasteiger partial charge >= 0.3 is 0 Å². The number of aliphatic hydroxyl groups is 2. The van der Waals surface area contributed by atoms with Crippen molar-refractivity contribution >= 4 is 35.0 Å². The SMILES string of the molecule is O=C(Nc1ccc(-c2cc(-c3ccc(NC(=O)C4CC(O)CN4C(=O)Cc4ccccc4)cc3)[nH]n2)cc1)C1CC(O)CN1C(=O)Cc1ccccc1. The highest BCUT2D eigenvalue weighted by Gasteiger charge is 2.40. The first kappa shape index (κ1) is 35.3. The molecule has 0 radical (unpaired) electrons. The van der Waals surface area contributed by atoms with Crippen molar-refractivity contribution in [2.45, 2.75) is 50.0 Å². The van der Waals surface area contributed by atoms with E-state index in [1.54, 1.807) is 24.3 Å². The van der Waals surface area contributed by atoms with Crippen LogP contribution < -0.4 is 10.6 Å². The van der Waals surface area contributed by atoms with Crippen LogP contribution in [0.25, 0.3) is 22.5 Å². The fourth-order valence-corrected chi connectivity index (χ4v) is 6.95. The second-order valence-electron chi connectivity index (χ2n) is 13.5. The molecule has 12 heteroatoms. The van der Waals surface area contributed by atoms with Crippen LogP contribution in [0.15, 0.2) is 115 Å². The molecule has 2 aliphatic rings. The van der Waals surface area contributed by atoms with Gasteiger partial charge < -0.3 is 30.6 Å². The number of nitrogens with one attached hydrogen (secondary N) is 3. The predicted molar refractivity (Wildman–Crippen MR) is 199 cm³/mol. The number of aliphatic hydroxyl groups excluding tert-OH is 2. The Morgan fingerprint density at radius 2 is 1.06 bits per heavy atom. The molecule has 2 aliphatic heterocycles. The van der Waals surface area contributed by atoms with Gasteiger partial charge in [-0.2, -0.15) is 5.10 Å². The number of nitrogens with zero attached hydrogens (tertiary/aromatic N) is 3. The lowest BCUT2D eigenvalue weighted by atomic mass is 10.1. The number of rotatable bonds is 10. The third kappa shape index (κ3) is 8.35. The first-order valence-electron chi connectivity index (χ1n) is 17.6. The molecule has 2 fully saturated rings. The second-order valence-corrected chi connectivity index (χ2v) is 13.5. The number of aromatic nitrogens is 2. The van der Waals surface area contributed by atoms with Gasteiger partial charge in [0.05, 0.1) is 36.4 Å². The van der Waals surface area contributed by atoms with Crippen molar-refractivity contribution in [2.24, 2.45) is 0 Å². The summed E-state index contributed by atoms with van der Waals surface area (Å²) in [5.41, 5.74) is 5.91. The van der Waals surface area contributed by atoms with Crippen molar-refractivity contribution in [3.8, 4) is 22.5 Å². The molecule has 0 aliphatic carbocycles. The summed E-state index contributed by atoms with van der Waals surface area (Å²) < 4.78 is 0. The Morgan fingerprint density at radius 1 is 0.623 bits per heavy atom. The lowest BCUT2D eigenvalue weighted by molar-refractivity contribution is -0.136.